The van der Waals surface area contributed by atoms with Crippen molar-refractivity contribution in [2.24, 2.45) is 11.5 Å². The summed E-state index contributed by atoms with van der Waals surface area (Å²) in [6, 6.07) is 9.13. The number of rotatable bonds is 5. The Labute approximate surface area is 145 Å². The van der Waals surface area contributed by atoms with Crippen LogP contribution in [0.3, 0.4) is 0 Å². The van der Waals surface area contributed by atoms with E-state index in [0.717, 1.165) is 12.1 Å². The summed E-state index contributed by atoms with van der Waals surface area (Å²) in [5.41, 5.74) is 10.2. The van der Waals surface area contributed by atoms with Crippen LogP contribution >= 0.6 is 0 Å². The molecule has 2 amide bonds. The highest BCUT2D eigenvalue weighted by Gasteiger charge is 2.23. The van der Waals surface area contributed by atoms with E-state index in [1.807, 2.05) is 0 Å². The first-order valence-electron chi connectivity index (χ1n) is 7.28. The minimum atomic E-state index is -0.951. The van der Waals surface area contributed by atoms with Crippen LogP contribution in [0.2, 0.25) is 0 Å². The summed E-state index contributed by atoms with van der Waals surface area (Å²) in [4.78, 5) is 26.4. The second-order valence-electron chi connectivity index (χ2n) is 5.22. The number of nitrogens with one attached hydrogen (secondary N) is 1. The third-order valence-electron chi connectivity index (χ3n) is 3.46. The number of halogens is 2. The van der Waals surface area contributed by atoms with Gasteiger partial charge in [-0.15, -0.1) is 0 Å². The molecule has 9 heteroatoms. The fraction of sp³-hybridized carbons (Fsp3) is 0. The van der Waals surface area contributed by atoms with E-state index >= 15 is 0 Å². The lowest BCUT2D eigenvalue weighted by Gasteiger charge is -2.04. The van der Waals surface area contributed by atoms with Crippen molar-refractivity contribution in [2.75, 3.05) is 5.32 Å². The number of carbonyl (C=O) groups excluding carboxylic acids is 2. The molecule has 2 aromatic carbocycles. The van der Waals surface area contributed by atoms with Crippen LogP contribution in [-0.4, -0.2) is 16.8 Å². The molecule has 0 atom stereocenters. The first kappa shape index (κ1) is 17.1. The Balaban J connectivity index is 2.00. The Bertz CT molecular complexity index is 979. The molecule has 0 spiro atoms. The summed E-state index contributed by atoms with van der Waals surface area (Å²) in [5, 5.41) is 2.72. The first-order chi connectivity index (χ1) is 12.4. The van der Waals surface area contributed by atoms with E-state index in [1.54, 1.807) is 0 Å². The molecule has 3 rings (SSSR count). The molecular formula is C17H12F2N4O3. The van der Waals surface area contributed by atoms with E-state index in [-0.39, 0.29) is 17.1 Å². The molecule has 3 aromatic rings. The number of nitrogens with zero attached hydrogens (tertiary/aromatic N) is 1. The lowest BCUT2D eigenvalue weighted by molar-refractivity contribution is 0.0990. The normalized spacial score (nSPS) is 10.5. The smallest absolute Gasteiger partial charge is 0.273 e. The molecule has 7 nitrogen and oxygen atoms in total. The van der Waals surface area contributed by atoms with E-state index in [1.165, 1.54) is 30.3 Å². The Kier molecular flexibility index (Phi) is 4.36. The van der Waals surface area contributed by atoms with Gasteiger partial charge in [-0.05, 0) is 36.4 Å². The van der Waals surface area contributed by atoms with Crippen LogP contribution in [0.1, 0.15) is 20.8 Å². The molecule has 0 bridgehead atoms. The maximum Gasteiger partial charge on any atom is 0.273 e. The van der Waals surface area contributed by atoms with Gasteiger partial charge in [-0.1, -0.05) is 6.07 Å². The zero-order chi connectivity index (χ0) is 18.8. The van der Waals surface area contributed by atoms with E-state index in [4.69, 9.17) is 15.9 Å². The third kappa shape index (κ3) is 3.22. The topological polar surface area (TPSA) is 124 Å². The zero-order valence-corrected chi connectivity index (χ0v) is 13.1. The highest BCUT2D eigenvalue weighted by Crippen LogP contribution is 2.31. The number of amides is 2. The Hall–Kier alpha value is -3.75. The quantitative estimate of drug-likeness (QED) is 0.646. The summed E-state index contributed by atoms with van der Waals surface area (Å²) in [6.45, 7) is 0. The van der Waals surface area contributed by atoms with Gasteiger partial charge >= 0.3 is 0 Å². The minimum Gasteiger partial charge on any atom is -0.419 e. The van der Waals surface area contributed by atoms with Crippen molar-refractivity contribution in [1.29, 1.82) is 0 Å². The average molecular weight is 358 g/mol. The summed E-state index contributed by atoms with van der Waals surface area (Å²) < 4.78 is 33.1. The van der Waals surface area contributed by atoms with Gasteiger partial charge < -0.3 is 21.2 Å². The standard InChI is InChI=1S/C17H12F2N4O3/c18-10-2-1-3-11(19)12(10)16-23-13(15(21)25)17(26-16)22-9-6-4-8(5-7-9)14(20)24/h1-7,22H,(H2,20,24)(H2,21,25). The van der Waals surface area contributed by atoms with Crippen LogP contribution in [0.25, 0.3) is 11.5 Å². The zero-order valence-electron chi connectivity index (χ0n) is 13.1. The van der Waals surface area contributed by atoms with Gasteiger partial charge in [-0.25, -0.2) is 13.8 Å². The third-order valence-corrected chi connectivity index (χ3v) is 3.46. The number of benzene rings is 2. The number of carbonyl (C=O) groups is 2. The van der Waals surface area contributed by atoms with Crippen LogP contribution in [0.5, 0.6) is 0 Å². The Morgan fingerprint density at radius 1 is 0.962 bits per heavy atom. The highest BCUT2D eigenvalue weighted by molar-refractivity contribution is 5.97. The molecule has 0 saturated heterocycles. The second-order valence-corrected chi connectivity index (χ2v) is 5.22. The van der Waals surface area contributed by atoms with Crippen molar-refractivity contribution in [3.8, 4) is 11.5 Å². The SMILES string of the molecule is NC(=O)c1ccc(Nc2oc(-c3c(F)cccc3F)nc2C(N)=O)cc1. The monoisotopic (exact) mass is 358 g/mol. The molecule has 0 aliphatic heterocycles. The lowest BCUT2D eigenvalue weighted by atomic mass is 10.2. The van der Waals surface area contributed by atoms with E-state index < -0.39 is 34.9 Å². The molecule has 0 aliphatic carbocycles. The van der Waals surface area contributed by atoms with Crippen molar-refractivity contribution in [1.82, 2.24) is 4.98 Å². The van der Waals surface area contributed by atoms with Crippen molar-refractivity contribution < 1.29 is 22.8 Å². The molecule has 0 fully saturated rings. The van der Waals surface area contributed by atoms with Crippen molar-refractivity contribution >= 4 is 23.4 Å². The predicted molar refractivity (Wildman–Crippen MR) is 88.6 cm³/mol. The highest BCUT2D eigenvalue weighted by atomic mass is 19.1. The van der Waals surface area contributed by atoms with Gasteiger partial charge in [0.2, 0.25) is 17.7 Å². The molecule has 1 aromatic heterocycles. The molecule has 132 valence electrons. The van der Waals surface area contributed by atoms with Gasteiger partial charge in [0.05, 0.1) is 0 Å². The summed E-state index contributed by atoms with van der Waals surface area (Å²) in [6.07, 6.45) is 0. The largest absolute Gasteiger partial charge is 0.419 e. The van der Waals surface area contributed by atoms with Gasteiger partial charge in [-0.2, -0.15) is 0 Å². The number of nitrogens with two attached hydrogens (primary N) is 2. The van der Waals surface area contributed by atoms with E-state index in [9.17, 15) is 18.4 Å². The fourth-order valence-electron chi connectivity index (χ4n) is 2.23. The van der Waals surface area contributed by atoms with Gasteiger partial charge in [0.1, 0.15) is 17.2 Å². The van der Waals surface area contributed by atoms with Crippen molar-refractivity contribution in [3.05, 3.63) is 65.4 Å². The molecular weight excluding hydrogens is 346 g/mol. The Morgan fingerprint density at radius 2 is 1.58 bits per heavy atom. The van der Waals surface area contributed by atoms with Gasteiger partial charge in [0, 0.05) is 11.3 Å². The van der Waals surface area contributed by atoms with Crippen molar-refractivity contribution in [2.45, 2.75) is 0 Å². The lowest BCUT2D eigenvalue weighted by Crippen LogP contribution is -2.13. The van der Waals surface area contributed by atoms with Gasteiger partial charge in [-0.3, -0.25) is 9.59 Å². The molecule has 26 heavy (non-hydrogen) atoms. The average Bonchev–Trinajstić information content (AvgIpc) is 2.99. The second kappa shape index (κ2) is 6.63. The predicted octanol–water partition coefficient (Wildman–Crippen LogP) is 2.56. The van der Waals surface area contributed by atoms with Crippen LogP contribution in [0, 0.1) is 11.6 Å². The number of primary amides is 2. The van der Waals surface area contributed by atoms with Gasteiger partial charge in [0.25, 0.3) is 5.91 Å². The number of oxazole rings is 1. The maximum absolute atomic E-state index is 13.9. The first-order valence-corrected chi connectivity index (χ1v) is 7.28. The number of hydrogen-bond acceptors (Lipinski definition) is 5. The molecule has 1 heterocycles. The molecule has 0 unspecified atom stereocenters. The summed E-state index contributed by atoms with van der Waals surface area (Å²) in [5.74, 6) is -3.99. The van der Waals surface area contributed by atoms with Crippen LogP contribution < -0.4 is 16.8 Å². The number of anilines is 2. The minimum absolute atomic E-state index is 0.193. The van der Waals surface area contributed by atoms with E-state index in [0.29, 0.717) is 5.69 Å². The maximum atomic E-state index is 13.9. The molecule has 0 aliphatic rings. The van der Waals surface area contributed by atoms with Crippen LogP contribution in [-0.2, 0) is 0 Å². The van der Waals surface area contributed by atoms with Gasteiger partial charge in [0.15, 0.2) is 5.69 Å². The molecule has 0 saturated carbocycles. The Morgan fingerprint density at radius 3 is 2.12 bits per heavy atom. The van der Waals surface area contributed by atoms with Crippen molar-refractivity contribution in [3.63, 3.8) is 0 Å². The van der Waals surface area contributed by atoms with Crippen LogP contribution in [0.4, 0.5) is 20.4 Å². The molecule has 0 radical (unpaired) electrons. The fourth-order valence-corrected chi connectivity index (χ4v) is 2.23. The van der Waals surface area contributed by atoms with Crippen LogP contribution in [0.15, 0.2) is 46.9 Å². The summed E-state index contributed by atoms with van der Waals surface area (Å²) in [7, 11) is 0. The molecule has 5 N–H and O–H groups in total. The number of aromatic nitrogens is 1. The summed E-state index contributed by atoms with van der Waals surface area (Å²) >= 11 is 0. The van der Waals surface area contributed by atoms with E-state index in [2.05, 4.69) is 10.3 Å². The number of hydrogen-bond donors (Lipinski definition) is 3.